The van der Waals surface area contributed by atoms with Gasteiger partial charge >= 0.3 is 0 Å². The first-order valence-electron chi connectivity index (χ1n) is 9.36. The highest BCUT2D eigenvalue weighted by molar-refractivity contribution is 5.94. The van der Waals surface area contributed by atoms with Crippen LogP contribution in [0.25, 0.3) is 0 Å². The summed E-state index contributed by atoms with van der Waals surface area (Å²) in [5.41, 5.74) is 3.19. The topological polar surface area (TPSA) is 77.4 Å². The van der Waals surface area contributed by atoms with Gasteiger partial charge in [0.1, 0.15) is 18.1 Å². The standard InChI is InChI=1S/C20H24N4O3/c1-13-14(2)22-12-23-18(13)20(25)24-9-10-26-17-4-3-16(24)19(17)27-11-15-5-7-21-8-6-15/h5-8,12,16-17,19H,3-4,9-11H2,1-2H3/t16-,17-,19-/m0/s1. The predicted molar refractivity (Wildman–Crippen MR) is 98.1 cm³/mol. The summed E-state index contributed by atoms with van der Waals surface area (Å²) in [7, 11) is 0. The molecule has 0 radical (unpaired) electrons. The van der Waals surface area contributed by atoms with Crippen molar-refractivity contribution in [2.75, 3.05) is 13.2 Å². The number of amides is 1. The third-order valence-corrected chi connectivity index (χ3v) is 5.55. The Hall–Kier alpha value is -2.38. The Morgan fingerprint density at radius 3 is 2.89 bits per heavy atom. The lowest BCUT2D eigenvalue weighted by molar-refractivity contribution is -0.0598. The van der Waals surface area contributed by atoms with Crippen LogP contribution in [0.2, 0.25) is 0 Å². The van der Waals surface area contributed by atoms with Gasteiger partial charge in [-0.05, 0) is 44.4 Å². The normalized spacial score (nSPS) is 24.7. The molecule has 1 aliphatic carbocycles. The second-order valence-corrected chi connectivity index (χ2v) is 7.12. The number of nitrogens with zero attached hydrogens (tertiary/aromatic N) is 4. The molecule has 7 nitrogen and oxygen atoms in total. The van der Waals surface area contributed by atoms with Crippen LogP contribution in [0.3, 0.4) is 0 Å². The molecule has 1 aliphatic heterocycles. The minimum absolute atomic E-state index is 0.00140. The molecule has 2 aromatic heterocycles. The molecule has 0 aromatic carbocycles. The number of aryl methyl sites for hydroxylation is 1. The third-order valence-electron chi connectivity index (χ3n) is 5.55. The van der Waals surface area contributed by atoms with E-state index in [1.165, 1.54) is 6.33 Å². The van der Waals surface area contributed by atoms with E-state index >= 15 is 0 Å². The van der Waals surface area contributed by atoms with Gasteiger partial charge < -0.3 is 14.4 Å². The zero-order chi connectivity index (χ0) is 18.8. The molecule has 27 heavy (non-hydrogen) atoms. The minimum Gasteiger partial charge on any atom is -0.374 e. The van der Waals surface area contributed by atoms with Crippen LogP contribution >= 0.6 is 0 Å². The summed E-state index contributed by atoms with van der Waals surface area (Å²) in [6.45, 7) is 5.34. The summed E-state index contributed by atoms with van der Waals surface area (Å²) in [5, 5.41) is 0. The predicted octanol–water partition coefficient (Wildman–Crippen LogP) is 2.08. The molecule has 2 fully saturated rings. The summed E-state index contributed by atoms with van der Waals surface area (Å²) in [4.78, 5) is 27.6. The molecule has 1 amide bonds. The monoisotopic (exact) mass is 368 g/mol. The largest absolute Gasteiger partial charge is 0.374 e. The Morgan fingerprint density at radius 2 is 2.07 bits per heavy atom. The van der Waals surface area contributed by atoms with Gasteiger partial charge in [-0.15, -0.1) is 0 Å². The number of carbonyl (C=O) groups is 1. The lowest BCUT2D eigenvalue weighted by Crippen LogP contribution is -2.47. The van der Waals surface area contributed by atoms with E-state index in [-0.39, 0.29) is 24.2 Å². The van der Waals surface area contributed by atoms with Gasteiger partial charge in [0, 0.05) is 30.2 Å². The zero-order valence-electron chi connectivity index (χ0n) is 15.7. The summed E-state index contributed by atoms with van der Waals surface area (Å²) < 4.78 is 12.2. The highest BCUT2D eigenvalue weighted by Crippen LogP contribution is 2.33. The lowest BCUT2D eigenvalue weighted by Gasteiger charge is -2.31. The van der Waals surface area contributed by atoms with E-state index in [2.05, 4.69) is 15.0 Å². The second-order valence-electron chi connectivity index (χ2n) is 7.12. The van der Waals surface area contributed by atoms with Crippen LogP contribution in [0, 0.1) is 13.8 Å². The molecule has 4 rings (SSSR count). The van der Waals surface area contributed by atoms with Crippen LogP contribution < -0.4 is 0 Å². The second kappa shape index (κ2) is 7.70. The van der Waals surface area contributed by atoms with Crippen molar-refractivity contribution in [1.82, 2.24) is 19.9 Å². The van der Waals surface area contributed by atoms with Gasteiger partial charge in [-0.1, -0.05) is 0 Å². The van der Waals surface area contributed by atoms with Gasteiger partial charge in [-0.25, -0.2) is 9.97 Å². The third kappa shape index (κ3) is 3.57. The van der Waals surface area contributed by atoms with Gasteiger partial charge in [0.15, 0.2) is 0 Å². The molecule has 7 heteroatoms. The smallest absolute Gasteiger partial charge is 0.273 e. The molecule has 0 N–H and O–H groups in total. The summed E-state index contributed by atoms with van der Waals surface area (Å²) in [5.74, 6) is -0.0633. The van der Waals surface area contributed by atoms with Crippen molar-refractivity contribution in [3.05, 3.63) is 53.4 Å². The quantitative estimate of drug-likeness (QED) is 0.822. The Bertz CT molecular complexity index is 814. The summed E-state index contributed by atoms with van der Waals surface area (Å²) in [6.07, 6.45) is 6.65. The molecule has 3 heterocycles. The molecule has 1 saturated carbocycles. The molecule has 2 bridgehead atoms. The van der Waals surface area contributed by atoms with Crippen LogP contribution in [0.1, 0.15) is 40.2 Å². The van der Waals surface area contributed by atoms with Crippen LogP contribution in [0.4, 0.5) is 0 Å². The highest BCUT2D eigenvalue weighted by atomic mass is 16.5. The molecule has 142 valence electrons. The van der Waals surface area contributed by atoms with Crippen LogP contribution in [-0.4, -0.2) is 57.2 Å². The number of ether oxygens (including phenoxy) is 2. The van der Waals surface area contributed by atoms with E-state index in [9.17, 15) is 4.79 Å². The fraction of sp³-hybridized carbons (Fsp3) is 0.500. The van der Waals surface area contributed by atoms with Crippen LogP contribution in [-0.2, 0) is 16.1 Å². The van der Waals surface area contributed by atoms with Crippen molar-refractivity contribution in [2.24, 2.45) is 0 Å². The Labute approximate surface area is 158 Å². The van der Waals surface area contributed by atoms with E-state index < -0.39 is 0 Å². The molecule has 2 aliphatic rings. The number of hydrogen-bond donors (Lipinski definition) is 0. The molecule has 2 aromatic rings. The van der Waals surface area contributed by atoms with Crippen molar-refractivity contribution in [3.8, 4) is 0 Å². The van der Waals surface area contributed by atoms with Crippen molar-refractivity contribution in [1.29, 1.82) is 0 Å². The number of pyridine rings is 1. The van der Waals surface area contributed by atoms with Gasteiger partial charge in [0.2, 0.25) is 0 Å². The number of carbonyl (C=O) groups excluding carboxylic acids is 1. The van der Waals surface area contributed by atoms with E-state index in [1.54, 1.807) is 12.4 Å². The van der Waals surface area contributed by atoms with Gasteiger partial charge in [-0.2, -0.15) is 0 Å². The molecule has 0 unspecified atom stereocenters. The Morgan fingerprint density at radius 1 is 1.26 bits per heavy atom. The van der Waals surface area contributed by atoms with E-state index in [0.29, 0.717) is 25.5 Å². The zero-order valence-corrected chi connectivity index (χ0v) is 15.7. The fourth-order valence-corrected chi connectivity index (χ4v) is 3.92. The van der Waals surface area contributed by atoms with E-state index in [1.807, 2.05) is 30.9 Å². The molecular weight excluding hydrogens is 344 g/mol. The van der Waals surface area contributed by atoms with Crippen molar-refractivity contribution in [3.63, 3.8) is 0 Å². The maximum absolute atomic E-state index is 13.2. The summed E-state index contributed by atoms with van der Waals surface area (Å²) in [6, 6.07) is 3.88. The van der Waals surface area contributed by atoms with Gasteiger partial charge in [0.25, 0.3) is 5.91 Å². The van der Waals surface area contributed by atoms with Gasteiger partial charge in [-0.3, -0.25) is 9.78 Å². The SMILES string of the molecule is Cc1ncnc(C(=O)N2CCO[C@H]3CC[C@H]2[C@@H]3OCc2ccncc2)c1C. The molecular formula is C20H24N4O3. The first-order valence-corrected chi connectivity index (χ1v) is 9.36. The fourth-order valence-electron chi connectivity index (χ4n) is 3.92. The van der Waals surface area contributed by atoms with Crippen molar-refractivity contribution < 1.29 is 14.3 Å². The van der Waals surface area contributed by atoms with Crippen LogP contribution in [0.15, 0.2) is 30.9 Å². The first-order chi connectivity index (χ1) is 13.1. The number of rotatable bonds is 4. The maximum Gasteiger partial charge on any atom is 0.273 e. The summed E-state index contributed by atoms with van der Waals surface area (Å²) >= 11 is 0. The van der Waals surface area contributed by atoms with Crippen molar-refractivity contribution in [2.45, 2.75) is 51.5 Å². The lowest BCUT2D eigenvalue weighted by atomic mass is 10.1. The number of aromatic nitrogens is 3. The average Bonchev–Trinajstić information content (AvgIpc) is 2.98. The average molecular weight is 368 g/mol. The Kier molecular flexibility index (Phi) is 5.13. The maximum atomic E-state index is 13.2. The van der Waals surface area contributed by atoms with Crippen molar-refractivity contribution >= 4 is 5.91 Å². The van der Waals surface area contributed by atoms with E-state index in [4.69, 9.17) is 9.47 Å². The first kappa shape index (κ1) is 18.0. The highest BCUT2D eigenvalue weighted by Gasteiger charge is 2.45. The molecule has 0 spiro atoms. The Balaban J connectivity index is 1.55. The molecule has 3 atom stereocenters. The van der Waals surface area contributed by atoms with E-state index in [0.717, 1.165) is 29.7 Å². The number of fused-ring (bicyclic) bond motifs is 2. The van der Waals surface area contributed by atoms with Crippen LogP contribution in [0.5, 0.6) is 0 Å². The van der Waals surface area contributed by atoms with Gasteiger partial charge in [0.05, 0.1) is 25.4 Å². The molecule has 1 saturated heterocycles. The number of hydrogen-bond acceptors (Lipinski definition) is 6. The minimum atomic E-state index is -0.132.